The van der Waals surface area contributed by atoms with Crippen molar-refractivity contribution in [2.45, 2.75) is 26.2 Å². The SMILES string of the molecule is Cc1c(Oc2ccc(F)c(-c3ncc(Cc4cccc(CCC=O)c4F)[nH]3)c2)c(F)cc2[nH]ccc12. The molecule has 5 rings (SSSR count). The molecule has 0 saturated carbocycles. The molecular formula is C28H22F3N3O2. The number of benzene rings is 3. The van der Waals surface area contributed by atoms with E-state index in [2.05, 4.69) is 15.0 Å². The van der Waals surface area contributed by atoms with Crippen LogP contribution in [0.2, 0.25) is 0 Å². The molecule has 8 heteroatoms. The van der Waals surface area contributed by atoms with Crippen LogP contribution in [0.25, 0.3) is 22.3 Å². The van der Waals surface area contributed by atoms with E-state index in [-0.39, 0.29) is 41.5 Å². The summed E-state index contributed by atoms with van der Waals surface area (Å²) in [5.74, 6) is -0.896. The third-order valence-corrected chi connectivity index (χ3v) is 6.12. The molecule has 2 N–H and O–H groups in total. The first kappa shape index (κ1) is 23.4. The van der Waals surface area contributed by atoms with E-state index in [1.54, 1.807) is 31.3 Å². The molecule has 0 spiro atoms. The number of halogens is 3. The lowest BCUT2D eigenvalue weighted by Crippen LogP contribution is -1.99. The molecule has 0 unspecified atom stereocenters. The van der Waals surface area contributed by atoms with Gasteiger partial charge in [0.15, 0.2) is 11.6 Å². The van der Waals surface area contributed by atoms with Crippen molar-refractivity contribution < 1.29 is 22.7 Å². The van der Waals surface area contributed by atoms with Crippen molar-refractivity contribution >= 4 is 17.2 Å². The Morgan fingerprint density at radius 3 is 2.69 bits per heavy atom. The minimum absolute atomic E-state index is 0.0599. The molecule has 0 atom stereocenters. The summed E-state index contributed by atoms with van der Waals surface area (Å²) < 4.78 is 50.1. The first-order valence-electron chi connectivity index (χ1n) is 11.4. The maximum absolute atomic E-state index is 14.8. The molecule has 0 radical (unpaired) electrons. The fourth-order valence-electron chi connectivity index (χ4n) is 4.28. The van der Waals surface area contributed by atoms with Crippen LogP contribution in [0.15, 0.2) is 60.9 Å². The van der Waals surface area contributed by atoms with Crippen LogP contribution in [0, 0.1) is 24.4 Å². The van der Waals surface area contributed by atoms with Crippen LogP contribution in [0.3, 0.4) is 0 Å². The van der Waals surface area contributed by atoms with E-state index in [0.29, 0.717) is 34.3 Å². The normalized spacial score (nSPS) is 11.2. The second-order valence-corrected chi connectivity index (χ2v) is 8.52. The van der Waals surface area contributed by atoms with Gasteiger partial charge in [-0.1, -0.05) is 18.2 Å². The number of aryl methyl sites for hydroxylation is 2. The lowest BCUT2D eigenvalue weighted by molar-refractivity contribution is -0.107. The van der Waals surface area contributed by atoms with Crippen LogP contribution in [0.4, 0.5) is 13.2 Å². The van der Waals surface area contributed by atoms with Crippen LogP contribution >= 0.6 is 0 Å². The lowest BCUT2D eigenvalue weighted by atomic mass is 10.0. The van der Waals surface area contributed by atoms with Gasteiger partial charge in [0, 0.05) is 53.5 Å². The molecule has 0 saturated heterocycles. The molecule has 0 aliphatic rings. The molecule has 5 nitrogen and oxygen atoms in total. The summed E-state index contributed by atoms with van der Waals surface area (Å²) >= 11 is 0. The van der Waals surface area contributed by atoms with Crippen LogP contribution in [-0.4, -0.2) is 21.2 Å². The Balaban J connectivity index is 1.41. The highest BCUT2D eigenvalue weighted by molar-refractivity contribution is 5.85. The molecule has 2 aromatic heterocycles. The summed E-state index contributed by atoms with van der Waals surface area (Å²) in [6.07, 6.45) is 4.78. The highest BCUT2D eigenvalue weighted by Gasteiger charge is 2.17. The second kappa shape index (κ2) is 9.73. The predicted octanol–water partition coefficient (Wildman–Crippen LogP) is 6.80. The van der Waals surface area contributed by atoms with Gasteiger partial charge >= 0.3 is 0 Å². The summed E-state index contributed by atoms with van der Waals surface area (Å²) in [5.41, 5.74) is 2.91. The lowest BCUT2D eigenvalue weighted by Gasteiger charge is -2.12. The van der Waals surface area contributed by atoms with Crippen molar-refractivity contribution in [1.82, 2.24) is 15.0 Å². The number of aromatic amines is 2. The monoisotopic (exact) mass is 489 g/mol. The average molecular weight is 489 g/mol. The minimum Gasteiger partial charge on any atom is -0.454 e. The molecule has 0 bridgehead atoms. The zero-order valence-electron chi connectivity index (χ0n) is 19.4. The number of nitrogens with zero attached hydrogens (tertiary/aromatic N) is 1. The standard InChI is InChI=1S/C28H22F3N3O2/c1-16-21-9-10-32-25(21)14-24(30)27(16)36-20-7-8-23(29)22(13-20)28-33-15-19(34-28)12-18-5-2-4-17(26(18)31)6-3-11-35/h2,4-5,7-11,13-15,32H,3,6,12H2,1H3,(H,33,34). The fraction of sp³-hybridized carbons (Fsp3) is 0.143. The van der Waals surface area contributed by atoms with E-state index in [4.69, 9.17) is 4.74 Å². The summed E-state index contributed by atoms with van der Waals surface area (Å²) in [6.45, 7) is 1.75. The quantitative estimate of drug-likeness (QED) is 0.236. The van der Waals surface area contributed by atoms with Gasteiger partial charge in [-0.3, -0.25) is 0 Å². The summed E-state index contributed by atoms with van der Waals surface area (Å²) in [6, 6.07) is 12.3. The number of hydrogen-bond donors (Lipinski definition) is 2. The van der Waals surface area contributed by atoms with Crippen molar-refractivity contribution in [3.8, 4) is 22.9 Å². The predicted molar refractivity (Wildman–Crippen MR) is 131 cm³/mol. The number of fused-ring (bicyclic) bond motifs is 1. The van der Waals surface area contributed by atoms with Crippen LogP contribution < -0.4 is 4.74 Å². The second-order valence-electron chi connectivity index (χ2n) is 8.52. The fourth-order valence-corrected chi connectivity index (χ4v) is 4.28. The Morgan fingerprint density at radius 1 is 1.03 bits per heavy atom. The summed E-state index contributed by atoms with van der Waals surface area (Å²) in [5, 5.41) is 0.826. The van der Waals surface area contributed by atoms with E-state index in [1.165, 1.54) is 30.5 Å². The summed E-state index contributed by atoms with van der Waals surface area (Å²) in [4.78, 5) is 20.9. The molecule has 0 fully saturated rings. The molecule has 2 heterocycles. The van der Waals surface area contributed by atoms with Crippen molar-refractivity contribution in [3.63, 3.8) is 0 Å². The van der Waals surface area contributed by atoms with E-state index in [9.17, 15) is 18.0 Å². The number of aldehydes is 1. The molecule has 0 aliphatic carbocycles. The van der Waals surface area contributed by atoms with Gasteiger partial charge in [0.2, 0.25) is 0 Å². The number of nitrogens with one attached hydrogen (secondary N) is 2. The average Bonchev–Trinajstić information content (AvgIpc) is 3.53. The Kier molecular flexibility index (Phi) is 6.33. The van der Waals surface area contributed by atoms with Gasteiger partial charge in [0.25, 0.3) is 0 Å². The van der Waals surface area contributed by atoms with Gasteiger partial charge in [-0.25, -0.2) is 18.2 Å². The van der Waals surface area contributed by atoms with Crippen molar-refractivity contribution in [2.24, 2.45) is 0 Å². The first-order valence-corrected chi connectivity index (χ1v) is 11.4. The molecule has 3 aromatic carbocycles. The van der Waals surface area contributed by atoms with Crippen molar-refractivity contribution in [2.75, 3.05) is 0 Å². The number of carbonyl (C=O) groups excluding carboxylic acids is 1. The van der Waals surface area contributed by atoms with E-state index < -0.39 is 11.6 Å². The zero-order chi connectivity index (χ0) is 25.2. The number of ether oxygens (including phenoxy) is 1. The van der Waals surface area contributed by atoms with Gasteiger partial charge in [0.1, 0.15) is 29.5 Å². The minimum atomic E-state index is -0.538. The van der Waals surface area contributed by atoms with Gasteiger partial charge < -0.3 is 19.5 Å². The van der Waals surface area contributed by atoms with Gasteiger partial charge in [-0.05, 0) is 48.7 Å². The number of aromatic nitrogens is 3. The maximum Gasteiger partial charge on any atom is 0.168 e. The molecular weight excluding hydrogens is 467 g/mol. The molecule has 182 valence electrons. The van der Waals surface area contributed by atoms with Crippen LogP contribution in [-0.2, 0) is 17.6 Å². The van der Waals surface area contributed by atoms with E-state index in [0.717, 1.165) is 11.7 Å². The number of carbonyl (C=O) groups is 1. The van der Waals surface area contributed by atoms with E-state index >= 15 is 0 Å². The van der Waals surface area contributed by atoms with Gasteiger partial charge in [-0.2, -0.15) is 0 Å². The summed E-state index contributed by atoms with van der Waals surface area (Å²) in [7, 11) is 0. The maximum atomic E-state index is 14.8. The van der Waals surface area contributed by atoms with Gasteiger partial charge in [-0.15, -0.1) is 0 Å². The van der Waals surface area contributed by atoms with Crippen LogP contribution in [0.5, 0.6) is 11.5 Å². The number of hydrogen-bond acceptors (Lipinski definition) is 3. The molecule has 5 aromatic rings. The zero-order valence-corrected chi connectivity index (χ0v) is 19.4. The van der Waals surface area contributed by atoms with Crippen molar-refractivity contribution in [3.05, 3.63) is 101 Å². The first-order chi connectivity index (χ1) is 17.4. The number of rotatable bonds is 8. The highest BCUT2D eigenvalue weighted by atomic mass is 19.1. The third-order valence-electron chi connectivity index (χ3n) is 6.12. The largest absolute Gasteiger partial charge is 0.454 e. The Morgan fingerprint density at radius 2 is 1.86 bits per heavy atom. The molecule has 0 amide bonds. The van der Waals surface area contributed by atoms with Crippen LogP contribution in [0.1, 0.15) is 28.8 Å². The Labute approximate surface area is 205 Å². The smallest absolute Gasteiger partial charge is 0.168 e. The number of imidazole rings is 1. The number of H-pyrrole nitrogens is 2. The van der Waals surface area contributed by atoms with Crippen molar-refractivity contribution in [1.29, 1.82) is 0 Å². The van der Waals surface area contributed by atoms with E-state index in [1.807, 2.05) is 6.07 Å². The molecule has 36 heavy (non-hydrogen) atoms. The Hall–Kier alpha value is -4.33. The molecule has 0 aliphatic heterocycles. The highest BCUT2D eigenvalue weighted by Crippen LogP contribution is 2.35. The van der Waals surface area contributed by atoms with Gasteiger partial charge in [0.05, 0.1) is 5.56 Å². The topological polar surface area (TPSA) is 70.8 Å². The third kappa shape index (κ3) is 4.49. The Bertz CT molecular complexity index is 1570.